The summed E-state index contributed by atoms with van der Waals surface area (Å²) in [6.07, 6.45) is 1.06. The lowest BCUT2D eigenvalue weighted by Crippen LogP contribution is -2.25. The predicted octanol–water partition coefficient (Wildman–Crippen LogP) is 5.62. The van der Waals surface area contributed by atoms with Crippen LogP contribution in [0.3, 0.4) is 0 Å². The number of hydrogen-bond donors (Lipinski definition) is 3. The molecule has 8 nitrogen and oxygen atoms in total. The molecular weight excluding hydrogens is 452 g/mol. The third-order valence-corrected chi connectivity index (χ3v) is 5.62. The minimum atomic E-state index is -0.421. The number of anilines is 2. The molecular formula is C28H26N6O2. The predicted molar refractivity (Wildman–Crippen MR) is 140 cm³/mol. The van der Waals surface area contributed by atoms with Crippen molar-refractivity contribution in [2.24, 2.45) is 0 Å². The Morgan fingerprint density at radius 1 is 0.889 bits per heavy atom. The van der Waals surface area contributed by atoms with Gasteiger partial charge in [-0.1, -0.05) is 72.8 Å². The maximum absolute atomic E-state index is 11.9. The summed E-state index contributed by atoms with van der Waals surface area (Å²) in [4.78, 5) is 21.4. The number of alkyl carbamates (subject to hydrolysis) is 1. The van der Waals surface area contributed by atoms with E-state index in [0.717, 1.165) is 40.6 Å². The van der Waals surface area contributed by atoms with Gasteiger partial charge in [0.1, 0.15) is 12.4 Å². The van der Waals surface area contributed by atoms with Crippen molar-refractivity contribution in [3.8, 4) is 11.4 Å². The second-order valence-corrected chi connectivity index (χ2v) is 8.27. The average Bonchev–Trinajstić information content (AvgIpc) is 3.38. The van der Waals surface area contributed by atoms with Crippen LogP contribution in [-0.4, -0.2) is 32.8 Å². The number of carbonyl (C=O) groups excluding carboxylic acids is 1. The van der Waals surface area contributed by atoms with Crippen molar-refractivity contribution in [3.05, 3.63) is 102 Å². The highest BCUT2D eigenvalue weighted by molar-refractivity contribution is 5.91. The highest BCUT2D eigenvalue weighted by Gasteiger charge is 2.11. The first kappa shape index (κ1) is 23.0. The van der Waals surface area contributed by atoms with E-state index >= 15 is 0 Å². The van der Waals surface area contributed by atoms with E-state index in [0.29, 0.717) is 24.0 Å². The van der Waals surface area contributed by atoms with Crippen LogP contribution in [-0.2, 0) is 17.8 Å². The molecule has 0 aliphatic heterocycles. The average molecular weight is 479 g/mol. The quantitative estimate of drug-likeness (QED) is 0.237. The molecule has 0 unspecified atom stereocenters. The number of carbonyl (C=O) groups is 1. The number of hydrogen-bond acceptors (Lipinski definition) is 6. The second-order valence-electron chi connectivity index (χ2n) is 8.27. The number of fused-ring (bicyclic) bond motifs is 1. The van der Waals surface area contributed by atoms with Gasteiger partial charge in [-0.05, 0) is 30.5 Å². The molecule has 0 atom stereocenters. The fraction of sp³-hybridized carbons (Fsp3) is 0.143. The number of amides is 1. The molecule has 2 aromatic heterocycles. The van der Waals surface area contributed by atoms with Gasteiger partial charge in [0.2, 0.25) is 0 Å². The number of aromatic nitrogens is 4. The third-order valence-electron chi connectivity index (χ3n) is 5.62. The van der Waals surface area contributed by atoms with Crippen LogP contribution in [0.4, 0.5) is 16.4 Å². The van der Waals surface area contributed by atoms with E-state index in [1.54, 1.807) is 0 Å². The number of aromatic amines is 1. The Morgan fingerprint density at radius 2 is 1.64 bits per heavy atom. The van der Waals surface area contributed by atoms with Gasteiger partial charge < -0.3 is 15.4 Å². The molecule has 3 aromatic carbocycles. The normalized spacial score (nSPS) is 10.8. The molecule has 0 saturated carbocycles. The number of nitrogens with zero attached hydrogens (tertiary/aromatic N) is 3. The monoisotopic (exact) mass is 478 g/mol. The number of aryl methyl sites for hydroxylation is 1. The molecule has 2 heterocycles. The molecule has 8 heteroatoms. The van der Waals surface area contributed by atoms with E-state index < -0.39 is 6.09 Å². The van der Waals surface area contributed by atoms with Crippen LogP contribution in [0.2, 0.25) is 0 Å². The number of para-hydroxylation sites is 1. The maximum Gasteiger partial charge on any atom is 0.407 e. The van der Waals surface area contributed by atoms with Gasteiger partial charge >= 0.3 is 6.09 Å². The first-order valence-electron chi connectivity index (χ1n) is 11.8. The van der Waals surface area contributed by atoms with Crippen molar-refractivity contribution in [3.63, 3.8) is 0 Å². The smallest absolute Gasteiger partial charge is 0.407 e. The van der Waals surface area contributed by atoms with Crippen molar-refractivity contribution >= 4 is 28.6 Å². The Balaban J connectivity index is 1.17. The summed E-state index contributed by atoms with van der Waals surface area (Å²) in [5.41, 5.74) is 3.72. The van der Waals surface area contributed by atoms with Crippen molar-refractivity contribution in [2.75, 3.05) is 11.9 Å². The van der Waals surface area contributed by atoms with E-state index in [4.69, 9.17) is 14.7 Å². The lowest BCUT2D eigenvalue weighted by atomic mass is 10.2. The number of H-pyrrole nitrogens is 1. The Morgan fingerprint density at radius 3 is 2.47 bits per heavy atom. The standard InChI is InChI=1S/C28H26N6O2/c35-28(36-19-20-10-3-1-4-11-20)29-17-9-14-22-18-25(34-33-22)31-27-23-15-7-8-16-24(23)30-26(32-27)21-12-5-2-6-13-21/h1-8,10-13,15-16,18H,9,14,17,19H2,(H,29,35)(H2,30,31,32,33,34). The lowest BCUT2D eigenvalue weighted by Gasteiger charge is -2.09. The molecule has 36 heavy (non-hydrogen) atoms. The van der Waals surface area contributed by atoms with Crippen LogP contribution >= 0.6 is 0 Å². The van der Waals surface area contributed by atoms with E-state index in [9.17, 15) is 4.79 Å². The van der Waals surface area contributed by atoms with Crippen LogP contribution in [0.15, 0.2) is 91.0 Å². The molecule has 0 aliphatic carbocycles. The molecule has 1 amide bonds. The third kappa shape index (κ3) is 5.85. The van der Waals surface area contributed by atoms with Crippen LogP contribution in [0.1, 0.15) is 17.7 Å². The number of nitrogens with one attached hydrogen (secondary N) is 3. The van der Waals surface area contributed by atoms with Gasteiger partial charge in [-0.15, -0.1) is 0 Å². The Labute approximate surface area is 208 Å². The molecule has 0 bridgehead atoms. The zero-order valence-corrected chi connectivity index (χ0v) is 19.6. The van der Waals surface area contributed by atoms with E-state index in [1.165, 1.54) is 0 Å². The molecule has 5 aromatic rings. The van der Waals surface area contributed by atoms with Crippen molar-refractivity contribution in [1.29, 1.82) is 0 Å². The fourth-order valence-corrected chi connectivity index (χ4v) is 3.81. The summed E-state index contributed by atoms with van der Waals surface area (Å²) in [5, 5.41) is 14.5. The second kappa shape index (κ2) is 11.1. The summed E-state index contributed by atoms with van der Waals surface area (Å²) >= 11 is 0. The van der Waals surface area contributed by atoms with E-state index in [-0.39, 0.29) is 6.61 Å². The summed E-state index contributed by atoms with van der Waals surface area (Å²) < 4.78 is 5.24. The van der Waals surface area contributed by atoms with E-state index in [1.807, 2.05) is 91.0 Å². The summed E-state index contributed by atoms with van der Waals surface area (Å²) in [6.45, 7) is 0.762. The molecule has 3 N–H and O–H groups in total. The van der Waals surface area contributed by atoms with Crippen LogP contribution < -0.4 is 10.6 Å². The zero-order chi connectivity index (χ0) is 24.6. The molecule has 0 radical (unpaired) electrons. The number of rotatable bonds is 9. The zero-order valence-electron chi connectivity index (χ0n) is 19.6. The van der Waals surface area contributed by atoms with Gasteiger partial charge in [-0.3, -0.25) is 5.10 Å². The first-order valence-corrected chi connectivity index (χ1v) is 11.8. The van der Waals surface area contributed by atoms with Crippen LogP contribution in [0, 0.1) is 0 Å². The van der Waals surface area contributed by atoms with Gasteiger partial charge in [-0.25, -0.2) is 14.8 Å². The Kier molecular flexibility index (Phi) is 7.13. The van der Waals surface area contributed by atoms with Crippen molar-refractivity contribution in [2.45, 2.75) is 19.4 Å². The number of ether oxygens (including phenoxy) is 1. The molecule has 0 spiro atoms. The van der Waals surface area contributed by atoms with Crippen molar-refractivity contribution < 1.29 is 9.53 Å². The fourth-order valence-electron chi connectivity index (χ4n) is 3.81. The first-order chi connectivity index (χ1) is 17.7. The molecule has 0 aliphatic rings. The van der Waals surface area contributed by atoms with Gasteiger partial charge in [0.25, 0.3) is 0 Å². The van der Waals surface area contributed by atoms with Crippen LogP contribution in [0.5, 0.6) is 0 Å². The summed E-state index contributed by atoms with van der Waals surface area (Å²) in [5.74, 6) is 2.02. The van der Waals surface area contributed by atoms with Crippen LogP contribution in [0.25, 0.3) is 22.3 Å². The Bertz CT molecular complexity index is 1440. The van der Waals surface area contributed by atoms with Crippen molar-refractivity contribution in [1.82, 2.24) is 25.5 Å². The maximum atomic E-state index is 11.9. The number of benzene rings is 3. The summed E-state index contributed by atoms with van der Waals surface area (Å²) in [7, 11) is 0. The molecule has 180 valence electrons. The summed E-state index contributed by atoms with van der Waals surface area (Å²) in [6, 6.07) is 29.3. The lowest BCUT2D eigenvalue weighted by molar-refractivity contribution is 0.139. The highest BCUT2D eigenvalue weighted by atomic mass is 16.5. The topological polar surface area (TPSA) is 105 Å². The minimum absolute atomic E-state index is 0.256. The largest absolute Gasteiger partial charge is 0.445 e. The minimum Gasteiger partial charge on any atom is -0.445 e. The highest BCUT2D eigenvalue weighted by Crippen LogP contribution is 2.27. The Hall–Kier alpha value is -4.72. The molecule has 0 fully saturated rings. The molecule has 0 saturated heterocycles. The van der Waals surface area contributed by atoms with Gasteiger partial charge in [0.05, 0.1) is 5.52 Å². The van der Waals surface area contributed by atoms with Gasteiger partial charge in [0, 0.05) is 29.3 Å². The van der Waals surface area contributed by atoms with Gasteiger partial charge in [0.15, 0.2) is 11.6 Å². The molecule has 5 rings (SSSR count). The van der Waals surface area contributed by atoms with Gasteiger partial charge in [-0.2, -0.15) is 5.10 Å². The van der Waals surface area contributed by atoms with E-state index in [2.05, 4.69) is 20.8 Å². The SMILES string of the molecule is O=C(NCCCc1cc(Nc2nc(-c3ccccc3)nc3ccccc23)n[nH]1)OCc1ccccc1.